The number of amides is 2. The molecule has 1 N–H and O–H groups in total. The van der Waals surface area contributed by atoms with Crippen LogP contribution in [0.3, 0.4) is 0 Å². The van der Waals surface area contributed by atoms with Crippen molar-refractivity contribution in [1.29, 1.82) is 0 Å². The predicted molar refractivity (Wildman–Crippen MR) is 99.0 cm³/mol. The summed E-state index contributed by atoms with van der Waals surface area (Å²) in [7, 11) is 0. The summed E-state index contributed by atoms with van der Waals surface area (Å²) < 4.78 is 0.923. The molecule has 1 atom stereocenters. The van der Waals surface area contributed by atoms with Crippen molar-refractivity contribution in [2.75, 3.05) is 6.54 Å². The Balaban J connectivity index is 1.64. The minimum absolute atomic E-state index is 0.0952. The Bertz CT molecular complexity index is 759. The maximum absolute atomic E-state index is 12.7. The summed E-state index contributed by atoms with van der Waals surface area (Å²) >= 11 is 3.37. The molecule has 2 aromatic rings. The molecule has 3 rings (SSSR count). The van der Waals surface area contributed by atoms with Crippen LogP contribution in [-0.2, 0) is 11.3 Å². The van der Waals surface area contributed by atoms with E-state index in [-0.39, 0.29) is 11.8 Å². The highest BCUT2D eigenvalue weighted by molar-refractivity contribution is 9.10. The third-order valence-electron chi connectivity index (χ3n) is 4.35. The minimum Gasteiger partial charge on any atom is -0.350 e. The third-order valence-corrected chi connectivity index (χ3v) is 4.88. The summed E-state index contributed by atoms with van der Waals surface area (Å²) in [5.74, 6) is -0.203. The van der Waals surface area contributed by atoms with Crippen LogP contribution in [0.4, 0.5) is 0 Å². The van der Waals surface area contributed by atoms with Crippen molar-refractivity contribution < 1.29 is 9.59 Å². The van der Waals surface area contributed by atoms with Gasteiger partial charge in [0.05, 0.1) is 0 Å². The van der Waals surface area contributed by atoms with Gasteiger partial charge in [-0.15, -0.1) is 0 Å². The molecule has 0 spiro atoms. The fraction of sp³-hybridized carbons (Fsp3) is 0.316. The Hall–Kier alpha value is -2.21. The standard InChI is InChI=1S/C19H20BrN3O2/c1-13-4-5-14(11-21-13)12-22-18(24)17-3-2-10-23(17)19(25)15-6-8-16(20)9-7-15/h4-9,11,17H,2-3,10,12H2,1H3,(H,22,24). The van der Waals surface area contributed by atoms with E-state index in [4.69, 9.17) is 0 Å². The Labute approximate surface area is 155 Å². The highest BCUT2D eigenvalue weighted by Gasteiger charge is 2.34. The van der Waals surface area contributed by atoms with E-state index in [0.717, 1.165) is 22.2 Å². The number of pyridine rings is 1. The van der Waals surface area contributed by atoms with Crippen LogP contribution in [-0.4, -0.2) is 34.3 Å². The van der Waals surface area contributed by atoms with Gasteiger partial charge in [0.1, 0.15) is 6.04 Å². The molecule has 0 bridgehead atoms. The van der Waals surface area contributed by atoms with E-state index in [1.165, 1.54) is 0 Å². The first-order valence-electron chi connectivity index (χ1n) is 8.30. The first kappa shape index (κ1) is 17.6. The number of hydrogen-bond acceptors (Lipinski definition) is 3. The molecule has 0 saturated carbocycles. The van der Waals surface area contributed by atoms with Gasteiger partial charge in [0.25, 0.3) is 5.91 Å². The molecule has 0 aliphatic carbocycles. The molecule has 1 fully saturated rings. The number of nitrogens with one attached hydrogen (secondary N) is 1. The van der Waals surface area contributed by atoms with Crippen LogP contribution in [0.15, 0.2) is 47.1 Å². The zero-order valence-corrected chi connectivity index (χ0v) is 15.6. The maximum atomic E-state index is 12.7. The Morgan fingerprint density at radius 1 is 1.24 bits per heavy atom. The van der Waals surface area contributed by atoms with Crippen LogP contribution < -0.4 is 5.32 Å². The lowest BCUT2D eigenvalue weighted by molar-refractivity contribution is -0.125. The average Bonchev–Trinajstić information content (AvgIpc) is 3.11. The minimum atomic E-state index is -0.408. The number of carbonyl (C=O) groups excluding carboxylic acids is 2. The maximum Gasteiger partial charge on any atom is 0.254 e. The predicted octanol–water partition coefficient (Wildman–Crippen LogP) is 3.07. The quantitative estimate of drug-likeness (QED) is 0.855. The lowest BCUT2D eigenvalue weighted by atomic mass is 10.1. The second-order valence-electron chi connectivity index (χ2n) is 6.19. The molecule has 6 heteroatoms. The lowest BCUT2D eigenvalue weighted by Gasteiger charge is -2.24. The first-order chi connectivity index (χ1) is 12.0. The van der Waals surface area contributed by atoms with E-state index in [1.807, 2.05) is 31.2 Å². The van der Waals surface area contributed by atoms with Crippen molar-refractivity contribution in [3.8, 4) is 0 Å². The molecule has 1 aliphatic heterocycles. The highest BCUT2D eigenvalue weighted by Crippen LogP contribution is 2.21. The van der Waals surface area contributed by atoms with E-state index < -0.39 is 6.04 Å². The molecule has 1 aliphatic rings. The number of aromatic nitrogens is 1. The van der Waals surface area contributed by atoms with Gasteiger partial charge in [-0.1, -0.05) is 22.0 Å². The molecule has 5 nitrogen and oxygen atoms in total. The lowest BCUT2D eigenvalue weighted by Crippen LogP contribution is -2.45. The van der Waals surface area contributed by atoms with Crippen LogP contribution in [0.1, 0.15) is 34.5 Å². The summed E-state index contributed by atoms with van der Waals surface area (Å²) in [5, 5.41) is 2.93. The second-order valence-corrected chi connectivity index (χ2v) is 7.10. The van der Waals surface area contributed by atoms with Gasteiger partial charge in [-0.05, 0) is 55.7 Å². The Morgan fingerprint density at radius 3 is 2.68 bits per heavy atom. The normalized spacial score (nSPS) is 16.7. The number of likely N-dealkylation sites (tertiary alicyclic amines) is 1. The van der Waals surface area contributed by atoms with Crippen LogP contribution in [0.2, 0.25) is 0 Å². The Kier molecular flexibility index (Phi) is 5.48. The van der Waals surface area contributed by atoms with Gasteiger partial charge in [0.2, 0.25) is 5.91 Å². The molecule has 1 saturated heterocycles. The fourth-order valence-corrected chi connectivity index (χ4v) is 3.21. The SMILES string of the molecule is Cc1ccc(CNC(=O)C2CCCN2C(=O)c2ccc(Br)cc2)cn1. The van der Waals surface area contributed by atoms with Gasteiger partial charge in [-0.3, -0.25) is 14.6 Å². The molecule has 1 unspecified atom stereocenters. The third kappa shape index (κ3) is 4.25. The van der Waals surface area contributed by atoms with E-state index in [2.05, 4.69) is 26.2 Å². The van der Waals surface area contributed by atoms with Gasteiger partial charge < -0.3 is 10.2 Å². The number of hydrogen-bond donors (Lipinski definition) is 1. The van der Waals surface area contributed by atoms with E-state index >= 15 is 0 Å². The van der Waals surface area contributed by atoms with Crippen LogP contribution in [0.25, 0.3) is 0 Å². The molecule has 1 aromatic heterocycles. The number of carbonyl (C=O) groups is 2. The van der Waals surface area contributed by atoms with Crippen molar-refractivity contribution in [3.63, 3.8) is 0 Å². The molecule has 1 aromatic carbocycles. The molecular formula is C19H20BrN3O2. The number of nitrogens with zero attached hydrogens (tertiary/aromatic N) is 2. The van der Waals surface area contributed by atoms with Crippen molar-refractivity contribution in [2.45, 2.75) is 32.4 Å². The fourth-order valence-electron chi connectivity index (χ4n) is 2.95. The molecule has 25 heavy (non-hydrogen) atoms. The summed E-state index contributed by atoms with van der Waals surface area (Å²) in [6.45, 7) is 2.95. The van der Waals surface area contributed by atoms with Gasteiger partial charge in [-0.2, -0.15) is 0 Å². The zero-order chi connectivity index (χ0) is 17.8. The highest BCUT2D eigenvalue weighted by atomic mass is 79.9. The molecular weight excluding hydrogens is 382 g/mol. The Morgan fingerprint density at radius 2 is 2.00 bits per heavy atom. The van der Waals surface area contributed by atoms with E-state index in [0.29, 0.717) is 25.1 Å². The monoisotopic (exact) mass is 401 g/mol. The summed E-state index contributed by atoms with van der Waals surface area (Å²) in [6, 6.07) is 10.7. The van der Waals surface area contributed by atoms with E-state index in [9.17, 15) is 9.59 Å². The van der Waals surface area contributed by atoms with Crippen LogP contribution in [0, 0.1) is 6.92 Å². The average molecular weight is 402 g/mol. The van der Waals surface area contributed by atoms with Gasteiger partial charge >= 0.3 is 0 Å². The van der Waals surface area contributed by atoms with Gasteiger partial charge in [-0.25, -0.2) is 0 Å². The number of halogens is 1. The van der Waals surface area contributed by atoms with Crippen LogP contribution in [0.5, 0.6) is 0 Å². The largest absolute Gasteiger partial charge is 0.350 e. The number of benzene rings is 1. The summed E-state index contributed by atoms with van der Waals surface area (Å²) in [6.07, 6.45) is 3.29. The molecule has 0 radical (unpaired) electrons. The van der Waals surface area contributed by atoms with Crippen molar-refractivity contribution in [2.24, 2.45) is 0 Å². The van der Waals surface area contributed by atoms with Crippen molar-refractivity contribution in [1.82, 2.24) is 15.2 Å². The summed E-state index contributed by atoms with van der Waals surface area (Å²) in [5.41, 5.74) is 2.49. The van der Waals surface area contributed by atoms with Gasteiger partial charge in [0.15, 0.2) is 0 Å². The molecule has 130 valence electrons. The number of aryl methyl sites for hydroxylation is 1. The smallest absolute Gasteiger partial charge is 0.254 e. The topological polar surface area (TPSA) is 62.3 Å². The number of rotatable bonds is 4. The van der Waals surface area contributed by atoms with Gasteiger partial charge in [0, 0.05) is 35.0 Å². The zero-order valence-electron chi connectivity index (χ0n) is 14.0. The second kappa shape index (κ2) is 7.78. The van der Waals surface area contributed by atoms with Crippen molar-refractivity contribution in [3.05, 3.63) is 63.9 Å². The first-order valence-corrected chi connectivity index (χ1v) is 9.09. The molecule has 2 amide bonds. The van der Waals surface area contributed by atoms with Crippen molar-refractivity contribution >= 4 is 27.7 Å². The van der Waals surface area contributed by atoms with Crippen LogP contribution >= 0.6 is 15.9 Å². The summed E-state index contributed by atoms with van der Waals surface area (Å²) in [4.78, 5) is 31.2. The van der Waals surface area contributed by atoms with E-state index in [1.54, 1.807) is 23.2 Å². The molecule has 2 heterocycles.